The van der Waals surface area contributed by atoms with E-state index in [2.05, 4.69) is 18.3 Å². The number of amides is 1. The Morgan fingerprint density at radius 2 is 2.05 bits per heavy atom. The number of nitrogens with one attached hydrogen (secondary N) is 1. The molecule has 1 saturated heterocycles. The molecular weight excluding hydrogens is 240 g/mol. The van der Waals surface area contributed by atoms with Crippen molar-refractivity contribution >= 4 is 5.91 Å². The lowest BCUT2D eigenvalue weighted by molar-refractivity contribution is -0.134. The van der Waals surface area contributed by atoms with E-state index in [1.165, 1.54) is 0 Å². The zero-order chi connectivity index (χ0) is 13.8. The first-order valence-electron chi connectivity index (χ1n) is 6.77. The van der Waals surface area contributed by atoms with Crippen LogP contribution in [-0.2, 0) is 4.79 Å². The van der Waals surface area contributed by atoms with E-state index in [9.17, 15) is 4.79 Å². The molecule has 1 aromatic carbocycles. The monoisotopic (exact) mass is 262 g/mol. The molecule has 0 aromatic heterocycles. The van der Waals surface area contributed by atoms with E-state index in [1.54, 1.807) is 0 Å². The molecule has 1 N–H and O–H groups in total. The lowest BCUT2D eigenvalue weighted by Gasteiger charge is -2.31. The number of carbonyl (C=O) groups excluding carboxylic acids is 1. The largest absolute Gasteiger partial charge is 0.484 e. The average molecular weight is 262 g/mol. The summed E-state index contributed by atoms with van der Waals surface area (Å²) in [5.74, 6) is 0.835. The predicted molar refractivity (Wildman–Crippen MR) is 75.5 cm³/mol. The van der Waals surface area contributed by atoms with Crippen LogP contribution in [0.3, 0.4) is 0 Å². The van der Waals surface area contributed by atoms with Gasteiger partial charge in [-0.05, 0) is 44.0 Å². The summed E-state index contributed by atoms with van der Waals surface area (Å²) >= 11 is 0. The van der Waals surface area contributed by atoms with Gasteiger partial charge >= 0.3 is 0 Å². The molecule has 104 valence electrons. The molecule has 2 rings (SSSR count). The van der Waals surface area contributed by atoms with Crippen LogP contribution in [-0.4, -0.2) is 43.1 Å². The van der Waals surface area contributed by atoms with Gasteiger partial charge in [-0.1, -0.05) is 6.07 Å². The Morgan fingerprint density at radius 3 is 2.68 bits per heavy atom. The Hall–Kier alpha value is -1.55. The molecule has 1 unspecified atom stereocenters. The van der Waals surface area contributed by atoms with Gasteiger partial charge in [0.25, 0.3) is 5.91 Å². The lowest BCUT2D eigenvalue weighted by Crippen LogP contribution is -2.52. The molecule has 1 heterocycles. The molecule has 0 radical (unpaired) electrons. The molecule has 0 saturated carbocycles. The topological polar surface area (TPSA) is 41.6 Å². The number of hydrogen-bond donors (Lipinski definition) is 1. The number of nitrogens with zero attached hydrogens (tertiary/aromatic N) is 1. The molecule has 1 amide bonds. The van der Waals surface area contributed by atoms with E-state index in [0.29, 0.717) is 6.04 Å². The van der Waals surface area contributed by atoms with Crippen molar-refractivity contribution < 1.29 is 9.53 Å². The number of benzene rings is 1. The molecule has 0 aliphatic carbocycles. The van der Waals surface area contributed by atoms with E-state index in [-0.39, 0.29) is 12.5 Å². The summed E-state index contributed by atoms with van der Waals surface area (Å²) in [5.41, 5.74) is 2.30. The lowest BCUT2D eigenvalue weighted by atomic mass is 10.1. The second kappa shape index (κ2) is 6.06. The van der Waals surface area contributed by atoms with Crippen LogP contribution < -0.4 is 10.1 Å². The minimum absolute atomic E-state index is 0.0625. The van der Waals surface area contributed by atoms with Crippen molar-refractivity contribution in [1.82, 2.24) is 10.2 Å². The Kier molecular flexibility index (Phi) is 4.43. The molecule has 0 bridgehead atoms. The first-order chi connectivity index (χ1) is 9.04. The minimum Gasteiger partial charge on any atom is -0.484 e. The van der Waals surface area contributed by atoms with Crippen LogP contribution >= 0.6 is 0 Å². The van der Waals surface area contributed by atoms with Gasteiger partial charge in [-0.25, -0.2) is 0 Å². The van der Waals surface area contributed by atoms with Crippen LogP contribution in [0.25, 0.3) is 0 Å². The number of ether oxygens (including phenoxy) is 1. The maximum atomic E-state index is 12.1. The van der Waals surface area contributed by atoms with Gasteiger partial charge in [-0.15, -0.1) is 0 Å². The highest BCUT2D eigenvalue weighted by atomic mass is 16.5. The molecule has 4 heteroatoms. The second-order valence-corrected chi connectivity index (χ2v) is 5.31. The summed E-state index contributed by atoms with van der Waals surface area (Å²) < 4.78 is 5.61. The van der Waals surface area contributed by atoms with E-state index >= 15 is 0 Å². The fourth-order valence-corrected chi connectivity index (χ4v) is 2.41. The summed E-state index contributed by atoms with van der Waals surface area (Å²) in [7, 11) is 0. The predicted octanol–water partition coefficient (Wildman–Crippen LogP) is 1.50. The molecule has 1 atom stereocenters. The van der Waals surface area contributed by atoms with Crippen LogP contribution in [0.2, 0.25) is 0 Å². The summed E-state index contributed by atoms with van der Waals surface area (Å²) in [4.78, 5) is 13.9. The van der Waals surface area contributed by atoms with Crippen LogP contribution in [0.1, 0.15) is 18.1 Å². The standard InChI is InChI=1S/C15H22N2O2/c1-11-6-12(2)8-14(7-11)19-10-15(18)17-5-4-16-13(3)9-17/h6-8,13,16H,4-5,9-10H2,1-3H3. The third-order valence-corrected chi connectivity index (χ3v) is 3.28. The molecule has 1 aliphatic rings. The van der Waals surface area contributed by atoms with E-state index < -0.39 is 0 Å². The highest BCUT2D eigenvalue weighted by Crippen LogP contribution is 2.16. The van der Waals surface area contributed by atoms with Gasteiger partial charge in [0.1, 0.15) is 5.75 Å². The normalized spacial score (nSPS) is 19.3. The summed E-state index contributed by atoms with van der Waals surface area (Å²) in [6.45, 7) is 8.64. The Morgan fingerprint density at radius 1 is 1.37 bits per heavy atom. The zero-order valence-corrected chi connectivity index (χ0v) is 11.9. The van der Waals surface area contributed by atoms with Gasteiger partial charge in [-0.3, -0.25) is 4.79 Å². The van der Waals surface area contributed by atoms with Crippen molar-refractivity contribution in [2.45, 2.75) is 26.8 Å². The minimum atomic E-state index is 0.0625. The Bertz CT molecular complexity index is 439. The summed E-state index contributed by atoms with van der Waals surface area (Å²) in [6, 6.07) is 6.37. The molecule has 1 aliphatic heterocycles. The maximum absolute atomic E-state index is 12.1. The van der Waals surface area contributed by atoms with Crippen LogP contribution in [0.4, 0.5) is 0 Å². The number of piperazine rings is 1. The first kappa shape index (κ1) is 13.9. The van der Waals surface area contributed by atoms with Crippen molar-refractivity contribution in [2.75, 3.05) is 26.2 Å². The maximum Gasteiger partial charge on any atom is 0.260 e. The Balaban J connectivity index is 1.89. The number of carbonyl (C=O) groups is 1. The van der Waals surface area contributed by atoms with Crippen LogP contribution in [0.5, 0.6) is 5.75 Å². The number of hydrogen-bond acceptors (Lipinski definition) is 3. The molecule has 0 spiro atoms. The van der Waals surface area contributed by atoms with Crippen LogP contribution in [0.15, 0.2) is 18.2 Å². The van der Waals surface area contributed by atoms with Crippen molar-refractivity contribution in [3.05, 3.63) is 29.3 Å². The third kappa shape index (κ3) is 3.96. The highest BCUT2D eigenvalue weighted by molar-refractivity contribution is 5.78. The van der Waals surface area contributed by atoms with E-state index in [0.717, 1.165) is 36.5 Å². The average Bonchev–Trinajstić information content (AvgIpc) is 2.35. The van der Waals surface area contributed by atoms with Gasteiger partial charge < -0.3 is 15.0 Å². The van der Waals surface area contributed by atoms with E-state index in [1.807, 2.05) is 30.9 Å². The van der Waals surface area contributed by atoms with Crippen molar-refractivity contribution in [2.24, 2.45) is 0 Å². The molecule has 19 heavy (non-hydrogen) atoms. The van der Waals surface area contributed by atoms with Gasteiger partial charge in [0.05, 0.1) is 0 Å². The number of rotatable bonds is 3. The van der Waals surface area contributed by atoms with Gasteiger partial charge in [0, 0.05) is 25.7 Å². The number of aryl methyl sites for hydroxylation is 2. The second-order valence-electron chi connectivity index (χ2n) is 5.31. The van der Waals surface area contributed by atoms with Gasteiger partial charge in [0.15, 0.2) is 6.61 Å². The zero-order valence-electron chi connectivity index (χ0n) is 11.9. The van der Waals surface area contributed by atoms with Gasteiger partial charge in [0.2, 0.25) is 0 Å². The van der Waals surface area contributed by atoms with E-state index in [4.69, 9.17) is 4.74 Å². The Labute approximate surface area is 114 Å². The quantitative estimate of drug-likeness (QED) is 0.897. The first-order valence-corrected chi connectivity index (χ1v) is 6.77. The summed E-state index contributed by atoms with van der Waals surface area (Å²) in [5, 5.41) is 3.32. The third-order valence-electron chi connectivity index (χ3n) is 3.28. The van der Waals surface area contributed by atoms with Crippen molar-refractivity contribution in [3.63, 3.8) is 0 Å². The molecule has 1 aromatic rings. The highest BCUT2D eigenvalue weighted by Gasteiger charge is 2.20. The van der Waals surface area contributed by atoms with Crippen LogP contribution in [0, 0.1) is 13.8 Å². The fourth-order valence-electron chi connectivity index (χ4n) is 2.41. The van der Waals surface area contributed by atoms with Crippen molar-refractivity contribution in [3.8, 4) is 5.75 Å². The fraction of sp³-hybridized carbons (Fsp3) is 0.533. The van der Waals surface area contributed by atoms with Crippen molar-refractivity contribution in [1.29, 1.82) is 0 Å². The smallest absolute Gasteiger partial charge is 0.260 e. The molecule has 1 fully saturated rings. The SMILES string of the molecule is Cc1cc(C)cc(OCC(=O)N2CCNC(C)C2)c1. The van der Waals surface area contributed by atoms with Gasteiger partial charge in [-0.2, -0.15) is 0 Å². The molecule has 4 nitrogen and oxygen atoms in total. The molecular formula is C15H22N2O2. The summed E-state index contributed by atoms with van der Waals surface area (Å²) in [6.07, 6.45) is 0.